The zero-order valence-corrected chi connectivity index (χ0v) is 32.2. The Morgan fingerprint density at radius 2 is 0.633 bits per heavy atom. The van der Waals surface area contributed by atoms with Gasteiger partial charge >= 0.3 is 0 Å². The quantitative estimate of drug-likeness (QED) is 0.0672. The van der Waals surface area contributed by atoms with Crippen LogP contribution < -0.4 is 4.74 Å². The summed E-state index contributed by atoms with van der Waals surface area (Å²) >= 11 is 0. The molecule has 0 aliphatic carbocycles. The van der Waals surface area contributed by atoms with E-state index < -0.39 is 6.10 Å². The van der Waals surface area contributed by atoms with Gasteiger partial charge in [-0.25, -0.2) is 0 Å². The number of unbranched alkanes of at least 4 members (excludes halogenated alkanes) is 24. The highest BCUT2D eigenvalue weighted by atomic mass is 16.5. The Balaban J connectivity index is 0.00000183. The molecule has 0 amide bonds. The third-order valence-electron chi connectivity index (χ3n) is 9.64. The standard InChI is InChI=1S/C42H70O.C3H8O3/c1-3-5-7-9-11-13-15-17-19-21-23-25-27-29-39-31-35-41(36-32-39)43-42-37-33-40(34-38-42)30-28-26-24-22-20-18-16-14-12-10-8-6-4-2;4-1-3(6)2-5/h31-38H,3-30H2,1-2H3;3-6H,1-2H2. The van der Waals surface area contributed by atoms with Crippen molar-refractivity contribution in [3.05, 3.63) is 59.7 Å². The van der Waals surface area contributed by atoms with E-state index in [-0.39, 0.29) is 13.2 Å². The largest absolute Gasteiger partial charge is 0.457 e. The Kier molecular flexibility index (Phi) is 31.8. The number of benzene rings is 2. The molecule has 0 aromatic heterocycles. The van der Waals surface area contributed by atoms with E-state index >= 15 is 0 Å². The van der Waals surface area contributed by atoms with E-state index in [4.69, 9.17) is 20.1 Å². The van der Waals surface area contributed by atoms with Crippen molar-refractivity contribution >= 4 is 0 Å². The molecule has 0 saturated heterocycles. The van der Waals surface area contributed by atoms with Crippen molar-refractivity contribution < 1.29 is 20.1 Å². The molecular weight excluding hydrogens is 604 g/mol. The fraction of sp³-hybridized carbons (Fsp3) is 0.733. The van der Waals surface area contributed by atoms with Gasteiger partial charge in [0.25, 0.3) is 0 Å². The van der Waals surface area contributed by atoms with Gasteiger partial charge in [0.05, 0.1) is 13.2 Å². The van der Waals surface area contributed by atoms with E-state index in [0.29, 0.717) is 0 Å². The van der Waals surface area contributed by atoms with Crippen LogP contribution in [0, 0.1) is 0 Å². The Morgan fingerprint density at radius 1 is 0.388 bits per heavy atom. The van der Waals surface area contributed by atoms with Crippen LogP contribution in [0.15, 0.2) is 48.5 Å². The molecule has 0 aliphatic heterocycles. The molecule has 0 spiro atoms. The zero-order chi connectivity index (χ0) is 35.5. The van der Waals surface area contributed by atoms with E-state index in [9.17, 15) is 0 Å². The smallest absolute Gasteiger partial charge is 0.127 e. The molecule has 49 heavy (non-hydrogen) atoms. The molecule has 4 nitrogen and oxygen atoms in total. The Morgan fingerprint density at radius 3 is 0.857 bits per heavy atom. The second-order valence-corrected chi connectivity index (χ2v) is 14.4. The van der Waals surface area contributed by atoms with Crippen molar-refractivity contribution in [1.82, 2.24) is 0 Å². The van der Waals surface area contributed by atoms with Gasteiger partial charge in [0.15, 0.2) is 0 Å². The molecule has 4 heteroatoms. The molecule has 0 radical (unpaired) electrons. The Hall–Kier alpha value is -1.88. The van der Waals surface area contributed by atoms with Gasteiger partial charge in [0.2, 0.25) is 0 Å². The number of hydrogen-bond acceptors (Lipinski definition) is 4. The first-order valence-electron chi connectivity index (χ1n) is 20.9. The summed E-state index contributed by atoms with van der Waals surface area (Å²) < 4.78 is 6.13. The zero-order valence-electron chi connectivity index (χ0n) is 32.2. The molecule has 0 fully saturated rings. The van der Waals surface area contributed by atoms with Crippen molar-refractivity contribution in [3.63, 3.8) is 0 Å². The van der Waals surface area contributed by atoms with E-state index in [2.05, 4.69) is 62.4 Å². The molecular formula is C45H78O4. The molecule has 2 aromatic carbocycles. The fourth-order valence-electron chi connectivity index (χ4n) is 6.34. The lowest BCUT2D eigenvalue weighted by Gasteiger charge is -2.08. The number of ether oxygens (including phenoxy) is 1. The molecule has 0 saturated carbocycles. The summed E-state index contributed by atoms with van der Waals surface area (Å²) in [7, 11) is 0. The molecule has 0 aliphatic rings. The lowest BCUT2D eigenvalue weighted by molar-refractivity contribution is 0.0450. The maximum absolute atomic E-state index is 8.17. The van der Waals surface area contributed by atoms with Crippen LogP contribution in [0.25, 0.3) is 0 Å². The second kappa shape index (κ2) is 34.6. The number of aliphatic hydroxyl groups excluding tert-OH is 3. The molecule has 282 valence electrons. The summed E-state index contributed by atoms with van der Waals surface area (Å²) in [6, 6.07) is 17.5. The summed E-state index contributed by atoms with van der Waals surface area (Å²) in [6.45, 7) is 3.87. The minimum Gasteiger partial charge on any atom is -0.457 e. The van der Waals surface area contributed by atoms with Gasteiger partial charge in [0.1, 0.15) is 17.6 Å². The number of hydrogen-bond donors (Lipinski definition) is 3. The summed E-state index contributed by atoms with van der Waals surface area (Å²) in [6.07, 6.45) is 38.2. The molecule has 3 N–H and O–H groups in total. The van der Waals surface area contributed by atoms with Crippen LogP contribution in [-0.4, -0.2) is 34.6 Å². The van der Waals surface area contributed by atoms with Gasteiger partial charge in [-0.1, -0.05) is 192 Å². The average molecular weight is 683 g/mol. The van der Waals surface area contributed by atoms with E-state index in [1.54, 1.807) is 0 Å². The van der Waals surface area contributed by atoms with Crippen LogP contribution in [0.2, 0.25) is 0 Å². The van der Waals surface area contributed by atoms with Crippen LogP contribution in [0.4, 0.5) is 0 Å². The van der Waals surface area contributed by atoms with Crippen LogP contribution >= 0.6 is 0 Å². The molecule has 0 atom stereocenters. The first-order chi connectivity index (χ1) is 24.1. The van der Waals surface area contributed by atoms with Gasteiger partial charge < -0.3 is 20.1 Å². The third-order valence-corrected chi connectivity index (χ3v) is 9.64. The highest BCUT2D eigenvalue weighted by Crippen LogP contribution is 2.24. The van der Waals surface area contributed by atoms with Gasteiger partial charge in [0, 0.05) is 0 Å². The maximum Gasteiger partial charge on any atom is 0.127 e. The van der Waals surface area contributed by atoms with Gasteiger partial charge in [-0.05, 0) is 61.1 Å². The second-order valence-electron chi connectivity index (χ2n) is 14.4. The van der Waals surface area contributed by atoms with Gasteiger partial charge in [-0.2, -0.15) is 0 Å². The summed E-state index contributed by atoms with van der Waals surface area (Å²) in [5, 5.41) is 24.0. The minimum absolute atomic E-state index is 0.365. The maximum atomic E-state index is 8.17. The van der Waals surface area contributed by atoms with Gasteiger partial charge in [-0.15, -0.1) is 0 Å². The van der Waals surface area contributed by atoms with E-state index in [0.717, 1.165) is 11.5 Å². The number of rotatable bonds is 32. The summed E-state index contributed by atoms with van der Waals surface area (Å²) in [5.74, 6) is 1.89. The molecule has 2 rings (SSSR count). The van der Waals surface area contributed by atoms with Crippen molar-refractivity contribution in [2.75, 3.05) is 13.2 Å². The number of aliphatic hydroxyl groups is 3. The van der Waals surface area contributed by atoms with Crippen LogP contribution in [0.1, 0.15) is 192 Å². The molecule has 0 unspecified atom stereocenters. The fourth-order valence-corrected chi connectivity index (χ4v) is 6.34. The Labute approximate surface area is 303 Å². The van der Waals surface area contributed by atoms with Crippen LogP contribution in [-0.2, 0) is 12.8 Å². The van der Waals surface area contributed by atoms with E-state index in [1.807, 2.05) is 0 Å². The van der Waals surface area contributed by atoms with Crippen molar-refractivity contribution in [2.45, 2.75) is 200 Å². The average Bonchev–Trinajstić information content (AvgIpc) is 3.13. The third kappa shape index (κ3) is 28.5. The van der Waals surface area contributed by atoms with Crippen molar-refractivity contribution in [2.24, 2.45) is 0 Å². The van der Waals surface area contributed by atoms with Crippen LogP contribution in [0.3, 0.4) is 0 Å². The highest BCUT2D eigenvalue weighted by molar-refractivity contribution is 5.34. The molecule has 2 aromatic rings. The van der Waals surface area contributed by atoms with E-state index in [1.165, 1.54) is 191 Å². The first-order valence-corrected chi connectivity index (χ1v) is 20.9. The topological polar surface area (TPSA) is 69.9 Å². The van der Waals surface area contributed by atoms with Crippen LogP contribution in [0.5, 0.6) is 11.5 Å². The predicted molar refractivity (Wildman–Crippen MR) is 212 cm³/mol. The predicted octanol–water partition coefficient (Wildman–Crippen LogP) is 13.1. The minimum atomic E-state index is -0.954. The lowest BCUT2D eigenvalue weighted by Crippen LogP contribution is -2.15. The Bertz CT molecular complexity index is 851. The monoisotopic (exact) mass is 683 g/mol. The summed E-state index contributed by atoms with van der Waals surface area (Å²) in [5.41, 5.74) is 2.87. The molecule has 0 bridgehead atoms. The first kappa shape index (κ1) is 45.1. The van der Waals surface area contributed by atoms with Crippen molar-refractivity contribution in [3.8, 4) is 11.5 Å². The van der Waals surface area contributed by atoms with Gasteiger partial charge in [-0.3, -0.25) is 0 Å². The van der Waals surface area contributed by atoms with Crippen molar-refractivity contribution in [1.29, 1.82) is 0 Å². The SMILES string of the molecule is CCCCCCCCCCCCCCCc1ccc(Oc2ccc(CCCCCCCCCCCCCCC)cc2)cc1.OCC(O)CO. The number of aryl methyl sites for hydroxylation is 2. The summed E-state index contributed by atoms with van der Waals surface area (Å²) in [4.78, 5) is 0. The normalized spacial score (nSPS) is 11.1. The highest BCUT2D eigenvalue weighted by Gasteiger charge is 2.01. The molecule has 0 heterocycles. The lowest BCUT2D eigenvalue weighted by atomic mass is 10.0.